The van der Waals surface area contributed by atoms with Crippen LogP contribution in [0.5, 0.6) is 5.75 Å². The standard InChI is InChI=1S/C14H10BrNO4/c15-9-10-1-3-11(4-2-10)14(17)20-13-7-5-12(6-8-13)16(18)19/h1-8H,9H2. The van der Waals surface area contributed by atoms with Crippen molar-refractivity contribution < 1.29 is 14.5 Å². The Kier molecular flexibility index (Phi) is 4.47. The van der Waals surface area contributed by atoms with Gasteiger partial charge in [-0.1, -0.05) is 28.1 Å². The van der Waals surface area contributed by atoms with Crippen LogP contribution in [-0.2, 0) is 5.33 Å². The molecule has 0 aliphatic rings. The van der Waals surface area contributed by atoms with E-state index in [0.29, 0.717) is 10.9 Å². The molecule has 0 bridgehead atoms. The Morgan fingerprint density at radius 3 is 2.20 bits per heavy atom. The quantitative estimate of drug-likeness (QED) is 0.281. The first-order valence-corrected chi connectivity index (χ1v) is 6.84. The van der Waals surface area contributed by atoms with Gasteiger partial charge in [-0.15, -0.1) is 0 Å². The molecule has 2 aromatic carbocycles. The normalized spacial score (nSPS) is 10.1. The van der Waals surface area contributed by atoms with E-state index in [1.807, 2.05) is 12.1 Å². The van der Waals surface area contributed by atoms with Crippen molar-refractivity contribution in [2.24, 2.45) is 0 Å². The molecule has 0 aromatic heterocycles. The molecule has 2 aromatic rings. The molecule has 5 nitrogen and oxygen atoms in total. The zero-order chi connectivity index (χ0) is 14.5. The number of nitrogens with zero attached hydrogens (tertiary/aromatic N) is 1. The van der Waals surface area contributed by atoms with Crippen LogP contribution in [0.15, 0.2) is 48.5 Å². The van der Waals surface area contributed by atoms with Gasteiger partial charge in [0.1, 0.15) is 5.75 Å². The van der Waals surface area contributed by atoms with Crippen LogP contribution in [0.2, 0.25) is 0 Å². The van der Waals surface area contributed by atoms with Gasteiger partial charge in [0.05, 0.1) is 10.5 Å². The number of halogens is 1. The lowest BCUT2D eigenvalue weighted by atomic mass is 10.1. The van der Waals surface area contributed by atoms with Gasteiger partial charge in [0.2, 0.25) is 0 Å². The van der Waals surface area contributed by atoms with Gasteiger partial charge in [0, 0.05) is 17.5 Å². The molecule has 0 atom stereocenters. The molecule has 0 aliphatic carbocycles. The molecule has 0 saturated heterocycles. The van der Waals surface area contributed by atoms with E-state index in [0.717, 1.165) is 5.56 Å². The third kappa shape index (κ3) is 3.42. The first-order chi connectivity index (χ1) is 9.60. The monoisotopic (exact) mass is 335 g/mol. The summed E-state index contributed by atoms with van der Waals surface area (Å²) in [5, 5.41) is 11.2. The number of carbonyl (C=O) groups is 1. The number of benzene rings is 2. The maximum Gasteiger partial charge on any atom is 0.343 e. The van der Waals surface area contributed by atoms with Crippen molar-refractivity contribution in [2.45, 2.75) is 5.33 Å². The highest BCUT2D eigenvalue weighted by Gasteiger charge is 2.10. The number of rotatable bonds is 4. The number of non-ortho nitro benzene ring substituents is 1. The van der Waals surface area contributed by atoms with Gasteiger partial charge in [0.25, 0.3) is 5.69 Å². The third-order valence-electron chi connectivity index (χ3n) is 2.60. The van der Waals surface area contributed by atoms with E-state index >= 15 is 0 Å². The zero-order valence-electron chi connectivity index (χ0n) is 10.3. The molecular weight excluding hydrogens is 326 g/mol. The predicted octanol–water partition coefficient (Wildman–Crippen LogP) is 3.71. The van der Waals surface area contributed by atoms with E-state index in [4.69, 9.17) is 4.74 Å². The highest BCUT2D eigenvalue weighted by atomic mass is 79.9. The minimum absolute atomic E-state index is 0.0496. The van der Waals surface area contributed by atoms with Crippen LogP contribution in [-0.4, -0.2) is 10.9 Å². The van der Waals surface area contributed by atoms with Gasteiger partial charge in [-0.2, -0.15) is 0 Å². The summed E-state index contributed by atoms with van der Waals surface area (Å²) in [5.74, 6) is -0.231. The van der Waals surface area contributed by atoms with Crippen LogP contribution >= 0.6 is 15.9 Å². The van der Waals surface area contributed by atoms with Gasteiger partial charge in [-0.3, -0.25) is 10.1 Å². The van der Waals surface area contributed by atoms with Crippen LogP contribution in [0, 0.1) is 10.1 Å². The number of hydrogen-bond acceptors (Lipinski definition) is 4. The summed E-state index contributed by atoms with van der Waals surface area (Å²) in [7, 11) is 0. The summed E-state index contributed by atoms with van der Waals surface area (Å²) in [6.07, 6.45) is 0. The second kappa shape index (κ2) is 6.29. The van der Waals surface area contributed by atoms with Crippen molar-refractivity contribution >= 4 is 27.6 Å². The summed E-state index contributed by atoms with van der Waals surface area (Å²) in [5.41, 5.74) is 1.43. The number of carbonyl (C=O) groups excluding carboxylic acids is 1. The smallest absolute Gasteiger partial charge is 0.343 e. The molecule has 0 N–H and O–H groups in total. The molecule has 0 aliphatic heterocycles. The van der Waals surface area contributed by atoms with E-state index in [1.165, 1.54) is 24.3 Å². The summed E-state index contributed by atoms with van der Waals surface area (Å²) in [6.45, 7) is 0. The van der Waals surface area contributed by atoms with Gasteiger partial charge in [-0.25, -0.2) is 4.79 Å². The maximum absolute atomic E-state index is 11.9. The highest BCUT2D eigenvalue weighted by Crippen LogP contribution is 2.18. The SMILES string of the molecule is O=C(Oc1ccc([N+](=O)[O-])cc1)c1ccc(CBr)cc1. The van der Waals surface area contributed by atoms with Crippen LogP contribution < -0.4 is 4.74 Å². The predicted molar refractivity (Wildman–Crippen MR) is 77.1 cm³/mol. The van der Waals surface area contributed by atoms with Crippen LogP contribution in [0.25, 0.3) is 0 Å². The van der Waals surface area contributed by atoms with Crippen LogP contribution in [0.4, 0.5) is 5.69 Å². The number of alkyl halides is 1. The first kappa shape index (κ1) is 14.2. The first-order valence-electron chi connectivity index (χ1n) is 5.71. The lowest BCUT2D eigenvalue weighted by molar-refractivity contribution is -0.384. The maximum atomic E-state index is 11.9. The summed E-state index contributed by atoms with van der Waals surface area (Å²) < 4.78 is 5.14. The molecule has 102 valence electrons. The Morgan fingerprint density at radius 2 is 1.70 bits per heavy atom. The van der Waals surface area contributed by atoms with Crippen LogP contribution in [0.3, 0.4) is 0 Å². The molecule has 0 amide bonds. The Balaban J connectivity index is 2.08. The number of hydrogen-bond donors (Lipinski definition) is 0. The molecule has 0 heterocycles. The summed E-state index contributed by atoms with van der Waals surface area (Å²) in [6, 6.07) is 12.3. The molecule has 0 spiro atoms. The van der Waals surface area contributed by atoms with Crippen molar-refractivity contribution in [3.63, 3.8) is 0 Å². The van der Waals surface area contributed by atoms with Crippen molar-refractivity contribution in [2.75, 3.05) is 0 Å². The van der Waals surface area contributed by atoms with Gasteiger partial charge >= 0.3 is 5.97 Å². The largest absolute Gasteiger partial charge is 0.423 e. The van der Waals surface area contributed by atoms with Crippen LogP contribution in [0.1, 0.15) is 15.9 Å². The minimum Gasteiger partial charge on any atom is -0.423 e. The van der Waals surface area contributed by atoms with Gasteiger partial charge in [-0.05, 0) is 29.8 Å². The number of nitro benzene ring substituents is 1. The molecule has 20 heavy (non-hydrogen) atoms. The van der Waals surface area contributed by atoms with E-state index in [9.17, 15) is 14.9 Å². The van der Waals surface area contributed by atoms with Gasteiger partial charge in [0.15, 0.2) is 0 Å². The molecule has 0 saturated carbocycles. The molecule has 0 unspecified atom stereocenters. The molecule has 6 heteroatoms. The average Bonchev–Trinajstić information content (AvgIpc) is 2.48. The zero-order valence-corrected chi connectivity index (χ0v) is 11.9. The number of nitro groups is 1. The Bertz CT molecular complexity index is 623. The second-order valence-corrected chi connectivity index (χ2v) is 4.53. The van der Waals surface area contributed by atoms with E-state index in [-0.39, 0.29) is 11.4 Å². The van der Waals surface area contributed by atoms with Gasteiger partial charge < -0.3 is 4.74 Å². The fraction of sp³-hybridized carbons (Fsp3) is 0.0714. The van der Waals surface area contributed by atoms with E-state index in [1.54, 1.807) is 12.1 Å². The number of esters is 1. The topological polar surface area (TPSA) is 69.4 Å². The molecule has 0 radical (unpaired) electrons. The van der Waals surface area contributed by atoms with Crippen molar-refractivity contribution in [1.82, 2.24) is 0 Å². The highest BCUT2D eigenvalue weighted by molar-refractivity contribution is 9.08. The molecule has 0 fully saturated rings. The molecular formula is C14H10BrNO4. The van der Waals surface area contributed by atoms with E-state index in [2.05, 4.69) is 15.9 Å². The average molecular weight is 336 g/mol. The van der Waals surface area contributed by atoms with Crippen molar-refractivity contribution in [3.05, 3.63) is 69.8 Å². The lowest BCUT2D eigenvalue weighted by Crippen LogP contribution is -2.08. The number of ether oxygens (including phenoxy) is 1. The third-order valence-corrected chi connectivity index (χ3v) is 3.25. The lowest BCUT2D eigenvalue weighted by Gasteiger charge is -2.04. The molecule has 2 rings (SSSR count). The fourth-order valence-electron chi connectivity index (χ4n) is 1.53. The Hall–Kier alpha value is -2.21. The Morgan fingerprint density at radius 1 is 1.10 bits per heavy atom. The summed E-state index contributed by atoms with van der Waals surface area (Å²) >= 11 is 3.32. The van der Waals surface area contributed by atoms with Crippen molar-refractivity contribution in [3.8, 4) is 5.75 Å². The summed E-state index contributed by atoms with van der Waals surface area (Å²) in [4.78, 5) is 21.9. The Labute approximate surface area is 123 Å². The van der Waals surface area contributed by atoms with E-state index < -0.39 is 10.9 Å². The fourth-order valence-corrected chi connectivity index (χ4v) is 1.91. The minimum atomic E-state index is -0.509. The van der Waals surface area contributed by atoms with Crippen molar-refractivity contribution in [1.29, 1.82) is 0 Å². The second-order valence-electron chi connectivity index (χ2n) is 3.97.